The first-order valence-electron chi connectivity index (χ1n) is 7.54. The van der Waals surface area contributed by atoms with Gasteiger partial charge >= 0.3 is 0 Å². The van der Waals surface area contributed by atoms with Gasteiger partial charge in [0.25, 0.3) is 5.91 Å². The van der Waals surface area contributed by atoms with Gasteiger partial charge in [-0.1, -0.05) is 18.2 Å². The molecule has 1 heterocycles. The molecule has 1 saturated carbocycles. The van der Waals surface area contributed by atoms with Crippen molar-refractivity contribution in [1.29, 1.82) is 0 Å². The predicted molar refractivity (Wildman–Crippen MR) is 81.9 cm³/mol. The second-order valence-corrected chi connectivity index (χ2v) is 5.97. The summed E-state index contributed by atoms with van der Waals surface area (Å²) in [5.74, 6) is 0.818. The van der Waals surface area contributed by atoms with Crippen molar-refractivity contribution >= 4 is 11.6 Å². The van der Waals surface area contributed by atoms with Gasteiger partial charge in [0.2, 0.25) is 6.54 Å². The van der Waals surface area contributed by atoms with Gasteiger partial charge < -0.3 is 5.32 Å². The zero-order valence-corrected chi connectivity index (χ0v) is 16.1. The Balaban J connectivity index is 0.00000176. The van der Waals surface area contributed by atoms with Crippen LogP contribution in [0.3, 0.4) is 0 Å². The number of anilines is 1. The molecule has 0 aliphatic heterocycles. The molecule has 1 fully saturated rings. The topological polar surface area (TPSA) is 37.9 Å². The Hall–Kier alpha value is -0.996. The Kier molecular flexibility index (Phi) is 5.93. The quantitative estimate of drug-likeness (QED) is 0.804. The number of benzene rings is 1. The van der Waals surface area contributed by atoms with E-state index in [4.69, 9.17) is 0 Å². The molecule has 0 spiro atoms. The molecule has 0 unspecified atom stereocenters. The third-order valence-corrected chi connectivity index (χ3v) is 4.04. The number of aromatic nitrogens is 2. The Morgan fingerprint density at radius 3 is 2.59 bits per heavy atom. The molecule has 1 aliphatic carbocycles. The molecule has 1 N–H and O–H groups in total. The number of carbonyl (C=O) groups excluding carboxylic acids is 1. The summed E-state index contributed by atoms with van der Waals surface area (Å²) in [5.41, 5.74) is 3.13. The molecule has 3 rings (SSSR count). The summed E-state index contributed by atoms with van der Waals surface area (Å²) in [5, 5.41) is 3.04. The van der Waals surface area contributed by atoms with Crippen LogP contribution < -0.4 is 10.00 Å². The van der Waals surface area contributed by atoms with E-state index in [1.807, 2.05) is 55.2 Å². The van der Waals surface area contributed by atoms with E-state index in [2.05, 4.69) is 10.00 Å². The van der Waals surface area contributed by atoms with E-state index in [1.54, 1.807) is 0 Å². The average Bonchev–Trinajstić information content (AvgIpc) is 3.15. The van der Waals surface area contributed by atoms with Crippen LogP contribution in [0.2, 0.25) is 0 Å². The summed E-state index contributed by atoms with van der Waals surface area (Å²) in [6, 6.07) is 8.04. The molecule has 1 radical (unpaired) electrons. The third-order valence-electron chi connectivity index (χ3n) is 4.04. The summed E-state index contributed by atoms with van der Waals surface area (Å²) >= 11 is 0. The molecule has 1 aromatic carbocycles. The van der Waals surface area contributed by atoms with E-state index in [-0.39, 0.29) is 38.6 Å². The first-order chi connectivity index (χ1) is 10.1. The van der Waals surface area contributed by atoms with E-state index in [9.17, 15) is 4.79 Å². The number of nitrogens with zero attached hydrogens (tertiary/aromatic N) is 2. The van der Waals surface area contributed by atoms with Crippen molar-refractivity contribution < 1.29 is 42.2 Å². The third kappa shape index (κ3) is 4.27. The predicted octanol–water partition coefficient (Wildman–Crippen LogP) is 2.44. The van der Waals surface area contributed by atoms with Crippen LogP contribution in [0.1, 0.15) is 24.0 Å². The fourth-order valence-corrected chi connectivity index (χ4v) is 2.62. The number of nitrogens with one attached hydrogen (secondary N) is 1. The zero-order chi connectivity index (χ0) is 14.8. The van der Waals surface area contributed by atoms with Crippen molar-refractivity contribution in [2.24, 2.45) is 5.92 Å². The number of carbonyl (C=O) groups is 1. The minimum absolute atomic E-state index is 0. The van der Waals surface area contributed by atoms with Gasteiger partial charge in [0.05, 0.1) is 12.7 Å². The summed E-state index contributed by atoms with van der Waals surface area (Å²) in [6.45, 7) is 5.41. The number of para-hydroxylation sites is 1. The second-order valence-electron chi connectivity index (χ2n) is 5.97. The fraction of sp³-hybridized carbons (Fsp3) is 0.412. The van der Waals surface area contributed by atoms with Crippen LogP contribution in [0, 0.1) is 19.8 Å². The molecule has 1 aromatic heterocycles. The van der Waals surface area contributed by atoms with Gasteiger partial charge in [-0.3, -0.25) is 4.79 Å². The van der Waals surface area contributed by atoms with Crippen molar-refractivity contribution in [1.82, 2.24) is 4.68 Å². The molecular formula is C17H22N3OY+. The summed E-state index contributed by atoms with van der Waals surface area (Å²) in [6.07, 6.45) is 6.64. The molecule has 0 atom stereocenters. The summed E-state index contributed by atoms with van der Waals surface area (Å²) in [7, 11) is 0. The second kappa shape index (κ2) is 7.52. The van der Waals surface area contributed by atoms with Crippen molar-refractivity contribution in [2.75, 3.05) is 5.32 Å². The minimum atomic E-state index is 0. The molecule has 2 aromatic rings. The average molecular weight is 373 g/mol. The smallest absolute Gasteiger partial charge is 0.292 e. The van der Waals surface area contributed by atoms with Gasteiger partial charge in [-0.25, -0.2) is 0 Å². The summed E-state index contributed by atoms with van der Waals surface area (Å²) < 4.78 is 4.13. The largest absolute Gasteiger partial charge is 0.320 e. The molecule has 22 heavy (non-hydrogen) atoms. The number of hydrogen-bond acceptors (Lipinski definition) is 1. The number of aryl methyl sites for hydroxylation is 2. The van der Waals surface area contributed by atoms with E-state index < -0.39 is 0 Å². The van der Waals surface area contributed by atoms with Gasteiger partial charge in [-0.05, 0) is 43.7 Å². The van der Waals surface area contributed by atoms with Crippen molar-refractivity contribution in [3.63, 3.8) is 0 Å². The van der Waals surface area contributed by atoms with E-state index in [0.717, 1.165) is 29.3 Å². The number of hydrogen-bond donors (Lipinski definition) is 1. The monoisotopic (exact) mass is 373 g/mol. The normalized spacial score (nSPS) is 13.5. The number of rotatable bonds is 5. The molecule has 4 nitrogen and oxygen atoms in total. The summed E-state index contributed by atoms with van der Waals surface area (Å²) in [4.78, 5) is 12.3. The van der Waals surface area contributed by atoms with E-state index in [1.165, 1.54) is 12.8 Å². The van der Waals surface area contributed by atoms with Gasteiger partial charge in [-0.2, -0.15) is 4.68 Å². The van der Waals surface area contributed by atoms with Crippen molar-refractivity contribution in [3.05, 3.63) is 47.8 Å². The Morgan fingerprint density at radius 2 is 1.95 bits per heavy atom. The van der Waals surface area contributed by atoms with Gasteiger partial charge in [0.1, 0.15) is 0 Å². The zero-order valence-electron chi connectivity index (χ0n) is 13.2. The standard InChI is InChI=1S/C17H21N3O.Y/c1-13-5-3-6-14(2)17(13)18-16(21)12-20-10-4-9-19(20)11-15-7-8-15;/h3-6,9-10,15H,7-8,11-12H2,1-2H3;/p+1. The molecule has 1 aliphatic rings. The first kappa shape index (κ1) is 17.4. The van der Waals surface area contributed by atoms with Crippen LogP contribution >= 0.6 is 0 Å². The maximum atomic E-state index is 12.3. The van der Waals surface area contributed by atoms with Gasteiger partial charge in [0.15, 0.2) is 6.20 Å². The van der Waals surface area contributed by atoms with E-state index >= 15 is 0 Å². The maximum Gasteiger partial charge on any atom is 0.292 e. The van der Waals surface area contributed by atoms with Crippen molar-refractivity contribution in [3.8, 4) is 0 Å². The molecule has 5 heteroatoms. The molecule has 113 valence electrons. The Morgan fingerprint density at radius 1 is 1.27 bits per heavy atom. The first-order valence-corrected chi connectivity index (χ1v) is 7.54. The maximum absolute atomic E-state index is 12.3. The number of amides is 1. The molecular weight excluding hydrogens is 351 g/mol. The van der Waals surface area contributed by atoms with Crippen LogP contribution in [-0.2, 0) is 50.6 Å². The van der Waals surface area contributed by atoms with Crippen LogP contribution in [0.25, 0.3) is 0 Å². The van der Waals surface area contributed by atoms with Crippen LogP contribution in [-0.4, -0.2) is 10.6 Å². The van der Waals surface area contributed by atoms with Crippen molar-refractivity contribution in [2.45, 2.75) is 39.8 Å². The van der Waals surface area contributed by atoms with Crippen LogP contribution in [0.15, 0.2) is 36.7 Å². The van der Waals surface area contributed by atoms with Crippen LogP contribution in [0.5, 0.6) is 0 Å². The Labute approximate surface area is 156 Å². The van der Waals surface area contributed by atoms with Gasteiger partial charge in [-0.15, -0.1) is 4.68 Å². The molecule has 1 amide bonds. The molecule has 0 bridgehead atoms. The minimum Gasteiger partial charge on any atom is -0.320 e. The SMILES string of the molecule is Cc1cccc(C)c1NC(=O)C[n+]1cccn1CC1CC1.[Y]. The van der Waals surface area contributed by atoms with Gasteiger partial charge in [0, 0.05) is 44.5 Å². The fourth-order valence-electron chi connectivity index (χ4n) is 2.62. The Bertz CT molecular complexity index is 641. The van der Waals surface area contributed by atoms with Crippen LogP contribution in [0.4, 0.5) is 5.69 Å². The van der Waals surface area contributed by atoms with E-state index in [0.29, 0.717) is 6.54 Å². The molecule has 0 saturated heterocycles.